The lowest BCUT2D eigenvalue weighted by Gasteiger charge is -2.26. The summed E-state index contributed by atoms with van der Waals surface area (Å²) in [5, 5.41) is 4.73. The molecule has 0 spiro atoms. The van der Waals surface area contributed by atoms with Crippen LogP contribution in [-0.4, -0.2) is 4.57 Å². The molecule has 324 valence electrons. The lowest BCUT2D eigenvalue weighted by Crippen LogP contribution is -2.09. The Balaban J connectivity index is 0.889. The van der Waals surface area contributed by atoms with Crippen molar-refractivity contribution in [2.45, 2.75) is 0 Å². The average Bonchev–Trinajstić information content (AvgIpc) is 3.98. The Kier molecular flexibility index (Phi) is 9.84. The van der Waals surface area contributed by atoms with Gasteiger partial charge in [-0.15, -0.1) is 0 Å². The van der Waals surface area contributed by atoms with Gasteiger partial charge in [-0.05, 0) is 93.5 Å². The molecule has 3 heteroatoms. The molecule has 0 atom stereocenters. The van der Waals surface area contributed by atoms with Gasteiger partial charge in [0, 0.05) is 55.3 Å². The van der Waals surface area contributed by atoms with E-state index in [9.17, 15) is 0 Å². The minimum absolute atomic E-state index is 0.893. The zero-order valence-electron chi connectivity index (χ0n) is 37.7. The van der Waals surface area contributed by atoms with Gasteiger partial charge in [0.1, 0.15) is 11.2 Å². The maximum Gasteiger partial charge on any atom is 0.143 e. The van der Waals surface area contributed by atoms with Gasteiger partial charge >= 0.3 is 0 Å². The third-order valence-electron chi connectivity index (χ3n) is 13.7. The Bertz CT molecular complexity index is 3910. The first-order valence-electron chi connectivity index (χ1n) is 23.6. The Morgan fingerprint density at radius 2 is 0.580 bits per heavy atom. The quantitative estimate of drug-likeness (QED) is 0.144. The van der Waals surface area contributed by atoms with Crippen molar-refractivity contribution in [3.63, 3.8) is 0 Å². The average molecular weight is 881 g/mol. The third-order valence-corrected chi connectivity index (χ3v) is 13.7. The van der Waals surface area contributed by atoms with Gasteiger partial charge in [0.2, 0.25) is 0 Å². The maximum absolute atomic E-state index is 6.83. The number of para-hydroxylation sites is 5. The second-order valence-corrected chi connectivity index (χ2v) is 17.6. The maximum atomic E-state index is 6.83. The van der Waals surface area contributed by atoms with Crippen LogP contribution in [0, 0.1) is 0 Å². The molecule has 13 rings (SSSR count). The van der Waals surface area contributed by atoms with Crippen molar-refractivity contribution in [1.29, 1.82) is 0 Å². The first-order valence-corrected chi connectivity index (χ1v) is 23.6. The predicted molar refractivity (Wildman–Crippen MR) is 290 cm³/mol. The van der Waals surface area contributed by atoms with Crippen LogP contribution in [0.4, 0.5) is 17.1 Å². The van der Waals surface area contributed by atoms with Gasteiger partial charge in [-0.2, -0.15) is 0 Å². The number of fused-ring (bicyclic) bond motifs is 6. The number of furan rings is 1. The molecule has 13 aromatic rings. The topological polar surface area (TPSA) is 21.3 Å². The van der Waals surface area contributed by atoms with E-state index in [2.05, 4.69) is 276 Å². The Hall–Kier alpha value is -9.18. The minimum atomic E-state index is 0.893. The van der Waals surface area contributed by atoms with Gasteiger partial charge in [-0.3, -0.25) is 0 Å². The lowest BCUT2D eigenvalue weighted by atomic mass is 9.99. The van der Waals surface area contributed by atoms with E-state index in [1.807, 2.05) is 0 Å². The molecule has 69 heavy (non-hydrogen) atoms. The van der Waals surface area contributed by atoms with E-state index < -0.39 is 0 Å². The van der Waals surface area contributed by atoms with Crippen LogP contribution in [0.5, 0.6) is 0 Å². The van der Waals surface area contributed by atoms with Crippen LogP contribution in [-0.2, 0) is 0 Å². The highest BCUT2D eigenvalue weighted by Gasteiger charge is 2.19. The number of hydrogen-bond donors (Lipinski definition) is 0. The standard InChI is InChI=1S/C66H44N2O/c1-3-15-45(16-4-1)46-29-31-47(32-30-46)48-33-39-52(40-34-48)67(53-41-35-50(36-42-53)55-19-7-10-26-62(55)68-63-27-11-8-20-58(63)59-21-9-12-28-64(59)68)54-43-37-51(38-44-54)57-23-14-25-61-60-24-13-22-56(65(60)69-66(57)61)49-17-5-2-6-18-49/h1-44H. The van der Waals surface area contributed by atoms with Crippen LogP contribution in [0.15, 0.2) is 271 Å². The number of rotatable bonds is 9. The lowest BCUT2D eigenvalue weighted by molar-refractivity contribution is 0.671. The number of anilines is 3. The van der Waals surface area contributed by atoms with Crippen molar-refractivity contribution in [3.8, 4) is 61.3 Å². The first kappa shape index (κ1) is 40.1. The fraction of sp³-hybridized carbons (Fsp3) is 0. The van der Waals surface area contributed by atoms with Gasteiger partial charge in [-0.25, -0.2) is 0 Å². The summed E-state index contributed by atoms with van der Waals surface area (Å²) in [6.07, 6.45) is 0. The largest absolute Gasteiger partial charge is 0.455 e. The summed E-state index contributed by atoms with van der Waals surface area (Å²) >= 11 is 0. The van der Waals surface area contributed by atoms with Crippen molar-refractivity contribution in [2.75, 3.05) is 4.90 Å². The molecular weight excluding hydrogens is 837 g/mol. The molecule has 0 aliphatic carbocycles. The van der Waals surface area contributed by atoms with Crippen LogP contribution < -0.4 is 4.90 Å². The molecule has 0 saturated carbocycles. The number of hydrogen-bond acceptors (Lipinski definition) is 2. The molecule has 2 heterocycles. The normalized spacial score (nSPS) is 11.5. The zero-order chi connectivity index (χ0) is 45.7. The van der Waals surface area contributed by atoms with Crippen molar-refractivity contribution in [1.82, 2.24) is 4.57 Å². The van der Waals surface area contributed by atoms with Crippen molar-refractivity contribution in [3.05, 3.63) is 267 Å². The summed E-state index contributed by atoms with van der Waals surface area (Å²) in [6.45, 7) is 0. The van der Waals surface area contributed by atoms with E-state index in [-0.39, 0.29) is 0 Å². The SMILES string of the molecule is c1ccc(-c2ccc(-c3ccc(N(c4ccc(-c5ccccc5-n5c6ccccc6c6ccccc65)cc4)c4ccc(-c5cccc6c5oc5c(-c7ccccc7)cccc56)cc4)cc3)cc2)cc1. The van der Waals surface area contributed by atoms with E-state index in [1.165, 1.54) is 49.6 Å². The molecule has 0 N–H and O–H groups in total. The Morgan fingerprint density at radius 3 is 1.09 bits per heavy atom. The molecular formula is C66H44N2O. The van der Waals surface area contributed by atoms with Crippen LogP contribution >= 0.6 is 0 Å². The predicted octanol–water partition coefficient (Wildman–Crippen LogP) is 18.5. The fourth-order valence-corrected chi connectivity index (χ4v) is 10.3. The van der Waals surface area contributed by atoms with Crippen molar-refractivity contribution >= 4 is 60.8 Å². The minimum Gasteiger partial charge on any atom is -0.455 e. The summed E-state index contributed by atoms with van der Waals surface area (Å²) in [6, 6.07) is 95.8. The van der Waals surface area contributed by atoms with Gasteiger partial charge in [0.25, 0.3) is 0 Å². The zero-order valence-corrected chi connectivity index (χ0v) is 37.7. The summed E-state index contributed by atoms with van der Waals surface area (Å²) in [5.74, 6) is 0. The van der Waals surface area contributed by atoms with Gasteiger partial charge in [0.15, 0.2) is 0 Å². The van der Waals surface area contributed by atoms with Crippen LogP contribution in [0.25, 0.3) is 105 Å². The highest BCUT2D eigenvalue weighted by molar-refractivity contribution is 6.13. The molecule has 0 radical (unpaired) electrons. The highest BCUT2D eigenvalue weighted by atomic mass is 16.3. The van der Waals surface area contributed by atoms with Gasteiger partial charge in [-0.1, -0.05) is 212 Å². The summed E-state index contributed by atoms with van der Waals surface area (Å²) < 4.78 is 9.24. The highest BCUT2D eigenvalue weighted by Crippen LogP contribution is 2.43. The molecule has 0 amide bonds. The van der Waals surface area contributed by atoms with E-state index in [0.717, 1.165) is 72.5 Å². The van der Waals surface area contributed by atoms with Crippen molar-refractivity contribution < 1.29 is 4.42 Å². The van der Waals surface area contributed by atoms with E-state index in [4.69, 9.17) is 4.42 Å². The molecule has 0 saturated heterocycles. The molecule has 0 unspecified atom stereocenters. The number of benzene rings is 11. The molecule has 0 bridgehead atoms. The molecule has 3 nitrogen and oxygen atoms in total. The van der Waals surface area contributed by atoms with Crippen LogP contribution in [0.2, 0.25) is 0 Å². The second kappa shape index (κ2) is 16.9. The second-order valence-electron chi connectivity index (χ2n) is 17.6. The third kappa shape index (κ3) is 7.08. The van der Waals surface area contributed by atoms with Crippen molar-refractivity contribution in [2.24, 2.45) is 0 Å². The summed E-state index contributed by atoms with van der Waals surface area (Å²) in [4.78, 5) is 2.35. The summed E-state index contributed by atoms with van der Waals surface area (Å²) in [5.41, 5.74) is 20.0. The molecule has 0 aliphatic rings. The van der Waals surface area contributed by atoms with Crippen LogP contribution in [0.1, 0.15) is 0 Å². The van der Waals surface area contributed by atoms with E-state index in [1.54, 1.807) is 0 Å². The fourth-order valence-electron chi connectivity index (χ4n) is 10.3. The Morgan fingerprint density at radius 1 is 0.246 bits per heavy atom. The van der Waals surface area contributed by atoms with E-state index in [0.29, 0.717) is 0 Å². The molecule has 0 fully saturated rings. The molecule has 11 aromatic carbocycles. The van der Waals surface area contributed by atoms with E-state index >= 15 is 0 Å². The smallest absolute Gasteiger partial charge is 0.143 e. The monoisotopic (exact) mass is 880 g/mol. The molecule has 2 aromatic heterocycles. The van der Waals surface area contributed by atoms with Crippen LogP contribution in [0.3, 0.4) is 0 Å². The number of nitrogens with zero attached hydrogens (tertiary/aromatic N) is 2. The first-order chi connectivity index (χ1) is 34.2. The molecule has 0 aliphatic heterocycles. The number of aromatic nitrogens is 1. The van der Waals surface area contributed by atoms with Gasteiger partial charge in [0.05, 0.1) is 16.7 Å². The van der Waals surface area contributed by atoms with Gasteiger partial charge < -0.3 is 13.9 Å². The summed E-state index contributed by atoms with van der Waals surface area (Å²) in [7, 11) is 0. The Labute approximate surface area is 401 Å².